The molecule has 0 radical (unpaired) electrons. The lowest BCUT2D eigenvalue weighted by atomic mass is 10.0. The van der Waals surface area contributed by atoms with E-state index in [1.165, 1.54) is 38.5 Å². The first-order valence-electron chi connectivity index (χ1n) is 7.90. The molecule has 1 atom stereocenters. The molecule has 6 nitrogen and oxygen atoms in total. The molecule has 0 aromatic heterocycles. The van der Waals surface area contributed by atoms with Crippen LogP contribution in [0.2, 0.25) is 0 Å². The molecule has 1 unspecified atom stereocenters. The lowest BCUT2D eigenvalue weighted by Crippen LogP contribution is -2.31. The molecule has 0 spiro atoms. The standard InChI is InChI=1S/C19H20FNO5/c1-25-14-7-8-15(17(10-14)26-2)16(11-19(23)24)21-18(22)9-12-3-5-13(20)6-4-12/h3-8,10,16H,9,11H2,1-2H3,(H,21,22)(H,23,24). The molecule has 138 valence electrons. The summed E-state index contributed by atoms with van der Waals surface area (Å²) in [6, 6.07) is 9.72. The average molecular weight is 361 g/mol. The van der Waals surface area contributed by atoms with E-state index in [9.17, 15) is 19.1 Å². The summed E-state index contributed by atoms with van der Waals surface area (Å²) >= 11 is 0. The Kier molecular flexibility index (Phi) is 6.54. The van der Waals surface area contributed by atoms with Crippen LogP contribution in [0, 0.1) is 5.82 Å². The van der Waals surface area contributed by atoms with Gasteiger partial charge in [0.2, 0.25) is 5.91 Å². The number of aliphatic carboxylic acids is 1. The molecule has 26 heavy (non-hydrogen) atoms. The summed E-state index contributed by atoms with van der Waals surface area (Å²) in [4.78, 5) is 23.5. The van der Waals surface area contributed by atoms with Gasteiger partial charge in [0, 0.05) is 11.6 Å². The minimum absolute atomic E-state index is 0.00880. The molecule has 0 aliphatic rings. The Labute approximate surface area is 150 Å². The molecule has 1 amide bonds. The van der Waals surface area contributed by atoms with Gasteiger partial charge in [0.15, 0.2) is 0 Å². The maximum atomic E-state index is 13.0. The van der Waals surface area contributed by atoms with Gasteiger partial charge in [-0.2, -0.15) is 0 Å². The Bertz CT molecular complexity index is 776. The van der Waals surface area contributed by atoms with E-state index in [2.05, 4.69) is 5.32 Å². The number of carboxylic acids is 1. The summed E-state index contributed by atoms with van der Waals surface area (Å²) < 4.78 is 23.4. The zero-order valence-electron chi connectivity index (χ0n) is 14.5. The Morgan fingerprint density at radius 2 is 1.81 bits per heavy atom. The molecule has 0 bridgehead atoms. The number of benzene rings is 2. The van der Waals surface area contributed by atoms with Gasteiger partial charge >= 0.3 is 5.97 Å². The van der Waals surface area contributed by atoms with Gasteiger partial charge in [0.1, 0.15) is 17.3 Å². The van der Waals surface area contributed by atoms with Crippen molar-refractivity contribution in [3.8, 4) is 11.5 Å². The number of hydrogen-bond acceptors (Lipinski definition) is 4. The smallest absolute Gasteiger partial charge is 0.305 e. The fourth-order valence-electron chi connectivity index (χ4n) is 2.55. The number of halogens is 1. The Morgan fingerprint density at radius 1 is 1.12 bits per heavy atom. The van der Waals surface area contributed by atoms with Crippen LogP contribution in [0.4, 0.5) is 4.39 Å². The van der Waals surface area contributed by atoms with Crippen LogP contribution >= 0.6 is 0 Å². The quantitative estimate of drug-likeness (QED) is 0.755. The molecular formula is C19H20FNO5. The molecule has 2 N–H and O–H groups in total. The largest absolute Gasteiger partial charge is 0.497 e. The number of ether oxygens (including phenoxy) is 2. The van der Waals surface area contributed by atoms with E-state index in [0.717, 1.165) is 0 Å². The minimum atomic E-state index is -1.06. The summed E-state index contributed by atoms with van der Waals surface area (Å²) in [6.45, 7) is 0. The molecule has 0 fully saturated rings. The number of hydrogen-bond donors (Lipinski definition) is 2. The van der Waals surface area contributed by atoms with Crippen molar-refractivity contribution < 1.29 is 28.6 Å². The first kappa shape index (κ1) is 19.2. The van der Waals surface area contributed by atoms with Gasteiger partial charge in [-0.25, -0.2) is 4.39 Å². The van der Waals surface area contributed by atoms with E-state index in [0.29, 0.717) is 22.6 Å². The van der Waals surface area contributed by atoms with Gasteiger partial charge in [0.05, 0.1) is 33.1 Å². The van der Waals surface area contributed by atoms with E-state index >= 15 is 0 Å². The van der Waals surface area contributed by atoms with Gasteiger partial charge in [0.25, 0.3) is 0 Å². The first-order valence-corrected chi connectivity index (χ1v) is 7.90. The highest BCUT2D eigenvalue weighted by Gasteiger charge is 2.22. The van der Waals surface area contributed by atoms with Crippen LogP contribution in [0.5, 0.6) is 11.5 Å². The van der Waals surface area contributed by atoms with E-state index in [1.54, 1.807) is 18.2 Å². The lowest BCUT2D eigenvalue weighted by molar-refractivity contribution is -0.137. The van der Waals surface area contributed by atoms with E-state index in [1.807, 2.05) is 0 Å². The average Bonchev–Trinajstić information content (AvgIpc) is 2.62. The fourth-order valence-corrected chi connectivity index (χ4v) is 2.55. The summed E-state index contributed by atoms with van der Waals surface area (Å²) in [6.07, 6.45) is -0.299. The second-order valence-corrected chi connectivity index (χ2v) is 5.63. The fraction of sp³-hybridized carbons (Fsp3) is 0.263. The third-order valence-corrected chi connectivity index (χ3v) is 3.81. The molecule has 2 aromatic rings. The van der Waals surface area contributed by atoms with E-state index < -0.39 is 12.0 Å². The van der Waals surface area contributed by atoms with Crippen LogP contribution < -0.4 is 14.8 Å². The molecule has 7 heteroatoms. The minimum Gasteiger partial charge on any atom is -0.497 e. The van der Waals surface area contributed by atoms with Crippen molar-refractivity contribution in [2.45, 2.75) is 18.9 Å². The van der Waals surface area contributed by atoms with Crippen LogP contribution in [-0.4, -0.2) is 31.2 Å². The van der Waals surface area contributed by atoms with Crippen LogP contribution in [0.15, 0.2) is 42.5 Å². The van der Waals surface area contributed by atoms with Gasteiger partial charge in [-0.1, -0.05) is 12.1 Å². The highest BCUT2D eigenvalue weighted by Crippen LogP contribution is 2.31. The number of amides is 1. The maximum absolute atomic E-state index is 13.0. The zero-order valence-corrected chi connectivity index (χ0v) is 14.5. The first-order chi connectivity index (χ1) is 12.4. The summed E-state index contributed by atoms with van der Waals surface area (Å²) in [5.41, 5.74) is 1.16. The molecule has 0 aliphatic carbocycles. The van der Waals surface area contributed by atoms with E-state index in [4.69, 9.17) is 9.47 Å². The van der Waals surface area contributed by atoms with Gasteiger partial charge in [-0.15, -0.1) is 0 Å². The lowest BCUT2D eigenvalue weighted by Gasteiger charge is -2.20. The molecule has 0 heterocycles. The highest BCUT2D eigenvalue weighted by molar-refractivity contribution is 5.80. The predicted molar refractivity (Wildman–Crippen MR) is 92.8 cm³/mol. The molecule has 0 aliphatic heterocycles. The van der Waals surface area contributed by atoms with Crippen LogP contribution in [0.3, 0.4) is 0 Å². The normalized spacial score (nSPS) is 11.5. The third kappa shape index (κ3) is 5.20. The molecular weight excluding hydrogens is 341 g/mol. The van der Waals surface area contributed by atoms with E-state index in [-0.39, 0.29) is 24.6 Å². The number of methoxy groups -OCH3 is 2. The van der Waals surface area contributed by atoms with Crippen molar-refractivity contribution in [1.29, 1.82) is 0 Å². The Balaban J connectivity index is 2.20. The van der Waals surface area contributed by atoms with Crippen molar-refractivity contribution in [2.75, 3.05) is 14.2 Å². The van der Waals surface area contributed by atoms with Crippen molar-refractivity contribution in [3.63, 3.8) is 0 Å². The van der Waals surface area contributed by atoms with Gasteiger partial charge in [-0.3, -0.25) is 9.59 Å². The molecule has 0 saturated heterocycles. The molecule has 2 aromatic carbocycles. The second-order valence-electron chi connectivity index (χ2n) is 5.63. The number of nitrogens with one attached hydrogen (secondary N) is 1. The highest BCUT2D eigenvalue weighted by atomic mass is 19.1. The topological polar surface area (TPSA) is 84.9 Å². The second kappa shape index (κ2) is 8.84. The summed E-state index contributed by atoms with van der Waals surface area (Å²) in [5, 5.41) is 11.9. The van der Waals surface area contributed by atoms with Crippen LogP contribution in [-0.2, 0) is 16.0 Å². The number of carbonyl (C=O) groups is 2. The number of carboxylic acid groups (broad SMARTS) is 1. The van der Waals surface area contributed by atoms with Crippen LogP contribution in [0.25, 0.3) is 0 Å². The number of rotatable bonds is 8. The monoisotopic (exact) mass is 361 g/mol. The van der Waals surface area contributed by atoms with Crippen molar-refractivity contribution in [3.05, 3.63) is 59.4 Å². The van der Waals surface area contributed by atoms with Gasteiger partial charge in [-0.05, 0) is 29.8 Å². The Hall–Kier alpha value is -3.09. The summed E-state index contributed by atoms with van der Waals surface area (Å²) in [7, 11) is 2.96. The van der Waals surface area contributed by atoms with Crippen molar-refractivity contribution in [2.24, 2.45) is 0 Å². The van der Waals surface area contributed by atoms with Crippen molar-refractivity contribution >= 4 is 11.9 Å². The zero-order chi connectivity index (χ0) is 19.1. The number of carbonyl (C=O) groups excluding carboxylic acids is 1. The Morgan fingerprint density at radius 3 is 2.38 bits per heavy atom. The summed E-state index contributed by atoms with van der Waals surface area (Å²) in [5.74, 6) is -0.855. The van der Waals surface area contributed by atoms with Crippen molar-refractivity contribution in [1.82, 2.24) is 5.32 Å². The van der Waals surface area contributed by atoms with Gasteiger partial charge < -0.3 is 19.9 Å². The van der Waals surface area contributed by atoms with Crippen LogP contribution in [0.1, 0.15) is 23.6 Å². The maximum Gasteiger partial charge on any atom is 0.305 e. The third-order valence-electron chi connectivity index (χ3n) is 3.81. The predicted octanol–water partition coefficient (Wildman–Crippen LogP) is 2.72. The SMILES string of the molecule is COc1ccc(C(CC(=O)O)NC(=O)Cc2ccc(F)cc2)c(OC)c1. The molecule has 0 saturated carbocycles. The molecule has 2 rings (SSSR count).